The number of nitrogens with zero attached hydrogens (tertiary/aromatic N) is 1. The van der Waals surface area contributed by atoms with E-state index in [0.29, 0.717) is 11.3 Å². The summed E-state index contributed by atoms with van der Waals surface area (Å²) in [6.07, 6.45) is 1.62. The molecule has 96 valence electrons. The molecule has 0 aromatic heterocycles. The van der Waals surface area contributed by atoms with Gasteiger partial charge in [0, 0.05) is 5.69 Å². The van der Waals surface area contributed by atoms with Crippen LogP contribution < -0.4 is 11.2 Å². The van der Waals surface area contributed by atoms with Crippen LogP contribution in [0.2, 0.25) is 0 Å². The Balaban J connectivity index is 2.06. The number of amides is 1. The van der Waals surface area contributed by atoms with E-state index in [-0.39, 0.29) is 5.91 Å². The van der Waals surface area contributed by atoms with E-state index < -0.39 is 0 Å². The largest absolute Gasteiger partial charge is 0.398 e. The van der Waals surface area contributed by atoms with Crippen LogP contribution in [0.15, 0.2) is 53.6 Å². The van der Waals surface area contributed by atoms with Gasteiger partial charge < -0.3 is 5.73 Å². The molecule has 0 atom stereocenters. The number of hydrogen-bond acceptors (Lipinski definition) is 3. The summed E-state index contributed by atoms with van der Waals surface area (Å²) in [4.78, 5) is 11.8. The zero-order chi connectivity index (χ0) is 13.7. The fraction of sp³-hybridized carbons (Fsp3) is 0.0667. The summed E-state index contributed by atoms with van der Waals surface area (Å²) < 4.78 is 0. The normalized spacial score (nSPS) is 10.6. The Morgan fingerprint density at radius 3 is 2.58 bits per heavy atom. The quantitative estimate of drug-likeness (QED) is 0.501. The third kappa shape index (κ3) is 3.19. The number of hydrazone groups is 1. The Hall–Kier alpha value is -2.62. The van der Waals surface area contributed by atoms with Crippen molar-refractivity contribution >= 4 is 17.8 Å². The Kier molecular flexibility index (Phi) is 3.93. The Morgan fingerprint density at radius 1 is 1.16 bits per heavy atom. The minimum atomic E-state index is -0.317. The average molecular weight is 253 g/mol. The molecule has 0 saturated carbocycles. The van der Waals surface area contributed by atoms with E-state index >= 15 is 0 Å². The van der Waals surface area contributed by atoms with Gasteiger partial charge in [0.25, 0.3) is 5.91 Å². The van der Waals surface area contributed by atoms with Crippen molar-refractivity contribution in [3.63, 3.8) is 0 Å². The van der Waals surface area contributed by atoms with Crippen molar-refractivity contribution in [2.24, 2.45) is 5.10 Å². The highest BCUT2D eigenvalue weighted by molar-refractivity contribution is 5.99. The molecule has 0 aliphatic carbocycles. The van der Waals surface area contributed by atoms with Crippen molar-refractivity contribution in [3.05, 3.63) is 65.2 Å². The first-order chi connectivity index (χ1) is 9.18. The van der Waals surface area contributed by atoms with Gasteiger partial charge in [0.1, 0.15) is 0 Å². The molecule has 0 spiro atoms. The van der Waals surface area contributed by atoms with Crippen LogP contribution in [0, 0.1) is 6.92 Å². The molecule has 4 heteroatoms. The summed E-state index contributed by atoms with van der Waals surface area (Å²) in [7, 11) is 0. The van der Waals surface area contributed by atoms with Gasteiger partial charge in [0.2, 0.25) is 0 Å². The maximum atomic E-state index is 11.8. The number of hydrogen-bond donors (Lipinski definition) is 2. The summed E-state index contributed by atoms with van der Waals surface area (Å²) in [6.45, 7) is 1.98. The monoisotopic (exact) mass is 253 g/mol. The SMILES string of the molecule is Cc1ccccc1/C=N/NC(=O)c1ccccc1N. The summed E-state index contributed by atoms with van der Waals surface area (Å²) in [5.41, 5.74) is 11.1. The number of aryl methyl sites for hydroxylation is 1. The van der Waals surface area contributed by atoms with Crippen molar-refractivity contribution in [2.45, 2.75) is 6.92 Å². The van der Waals surface area contributed by atoms with Crippen molar-refractivity contribution in [1.82, 2.24) is 5.43 Å². The first kappa shape index (κ1) is 12.8. The smallest absolute Gasteiger partial charge is 0.273 e. The van der Waals surface area contributed by atoms with Gasteiger partial charge in [-0.05, 0) is 30.2 Å². The van der Waals surface area contributed by atoms with Crippen LogP contribution >= 0.6 is 0 Å². The van der Waals surface area contributed by atoms with Crippen molar-refractivity contribution in [1.29, 1.82) is 0 Å². The Labute approximate surface area is 112 Å². The highest BCUT2D eigenvalue weighted by Gasteiger charge is 2.06. The standard InChI is InChI=1S/C15H15N3O/c1-11-6-2-3-7-12(11)10-17-18-15(19)13-8-4-5-9-14(13)16/h2-10H,16H2,1H3,(H,18,19)/b17-10+. The molecule has 2 aromatic rings. The lowest BCUT2D eigenvalue weighted by atomic mass is 10.1. The number of benzene rings is 2. The molecule has 19 heavy (non-hydrogen) atoms. The number of carbonyl (C=O) groups excluding carboxylic acids is 1. The molecule has 0 aliphatic rings. The van der Waals surface area contributed by atoms with E-state index in [2.05, 4.69) is 10.5 Å². The van der Waals surface area contributed by atoms with Crippen LogP contribution in [0.1, 0.15) is 21.5 Å². The predicted octanol–water partition coefficient (Wildman–Crippen LogP) is 2.34. The molecule has 0 fully saturated rings. The zero-order valence-electron chi connectivity index (χ0n) is 10.6. The Bertz CT molecular complexity index is 620. The predicted molar refractivity (Wildman–Crippen MR) is 77.1 cm³/mol. The highest BCUT2D eigenvalue weighted by Crippen LogP contribution is 2.09. The minimum Gasteiger partial charge on any atom is -0.398 e. The molecule has 2 rings (SSSR count). The number of nitrogens with two attached hydrogens (primary N) is 1. The van der Waals surface area contributed by atoms with Gasteiger partial charge in [0.15, 0.2) is 0 Å². The molecule has 0 bridgehead atoms. The van der Waals surface area contributed by atoms with Crippen LogP contribution in [0.4, 0.5) is 5.69 Å². The summed E-state index contributed by atoms with van der Waals surface area (Å²) in [5.74, 6) is -0.317. The van der Waals surface area contributed by atoms with Crippen molar-refractivity contribution < 1.29 is 4.79 Å². The maximum Gasteiger partial charge on any atom is 0.273 e. The lowest BCUT2D eigenvalue weighted by Gasteiger charge is -2.03. The molecular formula is C15H15N3O. The fourth-order valence-corrected chi connectivity index (χ4v) is 1.66. The lowest BCUT2D eigenvalue weighted by molar-refractivity contribution is 0.0956. The molecule has 1 amide bonds. The maximum absolute atomic E-state index is 11.8. The Morgan fingerprint density at radius 2 is 1.84 bits per heavy atom. The second-order valence-electron chi connectivity index (χ2n) is 4.14. The summed E-state index contributed by atoms with van der Waals surface area (Å²) >= 11 is 0. The number of rotatable bonds is 3. The number of anilines is 1. The third-order valence-electron chi connectivity index (χ3n) is 2.76. The molecule has 0 heterocycles. The van der Waals surface area contributed by atoms with Gasteiger partial charge in [-0.2, -0.15) is 5.10 Å². The van der Waals surface area contributed by atoms with Gasteiger partial charge in [-0.3, -0.25) is 4.79 Å². The minimum absolute atomic E-state index is 0.317. The van der Waals surface area contributed by atoms with E-state index in [1.165, 1.54) is 0 Å². The molecule has 4 nitrogen and oxygen atoms in total. The number of carbonyl (C=O) groups is 1. The molecule has 0 unspecified atom stereocenters. The molecule has 0 saturated heterocycles. The van der Waals surface area contributed by atoms with Gasteiger partial charge in [-0.1, -0.05) is 36.4 Å². The summed E-state index contributed by atoms with van der Waals surface area (Å²) in [6, 6.07) is 14.7. The van der Waals surface area contributed by atoms with E-state index in [0.717, 1.165) is 11.1 Å². The van der Waals surface area contributed by atoms with E-state index in [9.17, 15) is 4.79 Å². The van der Waals surface area contributed by atoms with Crippen LogP contribution in [0.5, 0.6) is 0 Å². The van der Waals surface area contributed by atoms with Crippen LogP contribution in [0.3, 0.4) is 0 Å². The molecule has 3 N–H and O–H groups in total. The van der Waals surface area contributed by atoms with Crippen molar-refractivity contribution in [3.8, 4) is 0 Å². The van der Waals surface area contributed by atoms with Crippen LogP contribution in [-0.2, 0) is 0 Å². The average Bonchev–Trinajstić information content (AvgIpc) is 2.41. The van der Waals surface area contributed by atoms with Gasteiger partial charge in [-0.25, -0.2) is 5.43 Å². The van der Waals surface area contributed by atoms with Crippen LogP contribution in [0.25, 0.3) is 0 Å². The number of para-hydroxylation sites is 1. The second-order valence-corrected chi connectivity index (χ2v) is 4.14. The second kappa shape index (κ2) is 5.82. The summed E-state index contributed by atoms with van der Waals surface area (Å²) in [5, 5.41) is 3.94. The molecule has 0 radical (unpaired) electrons. The fourth-order valence-electron chi connectivity index (χ4n) is 1.66. The van der Waals surface area contributed by atoms with Gasteiger partial charge >= 0.3 is 0 Å². The number of nitrogen functional groups attached to an aromatic ring is 1. The molecule has 2 aromatic carbocycles. The number of nitrogens with one attached hydrogen (secondary N) is 1. The van der Waals surface area contributed by atoms with E-state index in [1.54, 1.807) is 30.5 Å². The first-order valence-corrected chi connectivity index (χ1v) is 5.92. The van der Waals surface area contributed by atoms with E-state index in [1.807, 2.05) is 31.2 Å². The van der Waals surface area contributed by atoms with Gasteiger partial charge in [-0.15, -0.1) is 0 Å². The van der Waals surface area contributed by atoms with Crippen LogP contribution in [-0.4, -0.2) is 12.1 Å². The van der Waals surface area contributed by atoms with E-state index in [4.69, 9.17) is 5.73 Å². The first-order valence-electron chi connectivity index (χ1n) is 5.92. The molecule has 0 aliphatic heterocycles. The molecular weight excluding hydrogens is 238 g/mol. The highest BCUT2D eigenvalue weighted by atomic mass is 16.2. The van der Waals surface area contributed by atoms with Crippen molar-refractivity contribution in [2.75, 3.05) is 5.73 Å². The third-order valence-corrected chi connectivity index (χ3v) is 2.76. The van der Waals surface area contributed by atoms with Gasteiger partial charge in [0.05, 0.1) is 11.8 Å². The topological polar surface area (TPSA) is 67.5 Å². The zero-order valence-corrected chi connectivity index (χ0v) is 10.6. The lowest BCUT2D eigenvalue weighted by Crippen LogP contribution is -2.19.